The second kappa shape index (κ2) is 7.16. The van der Waals surface area contributed by atoms with Gasteiger partial charge < -0.3 is 14.2 Å². The summed E-state index contributed by atoms with van der Waals surface area (Å²) in [4.78, 5) is 15.5. The zero-order chi connectivity index (χ0) is 19.7. The van der Waals surface area contributed by atoms with Gasteiger partial charge in [-0.3, -0.25) is 0 Å². The molecule has 0 saturated heterocycles. The molecule has 0 fully saturated rings. The molecular formula is C21H17FN4O2. The maximum Gasteiger partial charge on any atom is 0.338 e. The smallest absolute Gasteiger partial charge is 0.338 e. The van der Waals surface area contributed by atoms with Crippen LogP contribution in [0.4, 0.5) is 4.39 Å². The molecule has 2 aromatic heterocycles. The summed E-state index contributed by atoms with van der Waals surface area (Å²) in [6.45, 7) is 0.622. The number of carboxylic acid groups (broad SMARTS) is 1. The summed E-state index contributed by atoms with van der Waals surface area (Å²) in [5, 5.41) is 19.6. The summed E-state index contributed by atoms with van der Waals surface area (Å²) in [6.07, 6.45) is 7.18. The number of carboxylic acids is 1. The van der Waals surface area contributed by atoms with Gasteiger partial charge in [-0.1, -0.05) is 0 Å². The number of nitrogens with zero attached hydrogens (tertiary/aromatic N) is 4. The van der Waals surface area contributed by atoms with Gasteiger partial charge >= 0.3 is 5.97 Å². The summed E-state index contributed by atoms with van der Waals surface area (Å²) in [5.41, 5.74) is 2.12. The second-order valence-corrected chi connectivity index (χ2v) is 6.59. The van der Waals surface area contributed by atoms with Crippen molar-refractivity contribution in [1.82, 2.24) is 14.1 Å². The van der Waals surface area contributed by atoms with Gasteiger partial charge in [-0.25, -0.2) is 14.2 Å². The highest BCUT2D eigenvalue weighted by atomic mass is 19.1. The molecule has 7 heteroatoms. The number of hydrogen-bond donors (Lipinski definition) is 1. The fourth-order valence-electron chi connectivity index (χ4n) is 3.56. The topological polar surface area (TPSA) is 83.8 Å². The summed E-state index contributed by atoms with van der Waals surface area (Å²) in [7, 11) is 0. The third-order valence-corrected chi connectivity index (χ3v) is 4.89. The Labute approximate surface area is 160 Å². The Bertz CT molecular complexity index is 1220. The molecule has 0 radical (unpaired) electrons. The Morgan fingerprint density at radius 2 is 2.00 bits per heavy atom. The van der Waals surface area contributed by atoms with Crippen LogP contribution in [-0.4, -0.2) is 25.2 Å². The number of rotatable bonds is 6. The zero-order valence-electron chi connectivity index (χ0n) is 15.0. The number of aromatic nitrogens is 3. The number of benzene rings is 2. The maximum absolute atomic E-state index is 14.4. The average molecular weight is 376 g/mol. The average Bonchev–Trinajstić information content (AvgIpc) is 3.31. The predicted molar refractivity (Wildman–Crippen MR) is 103 cm³/mol. The highest BCUT2D eigenvalue weighted by Gasteiger charge is 2.18. The molecule has 4 aromatic rings. The van der Waals surface area contributed by atoms with E-state index in [1.807, 2.05) is 33.5 Å². The normalized spacial score (nSPS) is 11.1. The fraction of sp³-hybridized carbons (Fsp3) is 0.190. The molecule has 0 aliphatic carbocycles. The van der Waals surface area contributed by atoms with Gasteiger partial charge in [0.15, 0.2) is 0 Å². The van der Waals surface area contributed by atoms with E-state index in [1.54, 1.807) is 12.5 Å². The lowest BCUT2D eigenvalue weighted by molar-refractivity contribution is 0.0692. The number of carbonyl (C=O) groups is 1. The van der Waals surface area contributed by atoms with E-state index < -0.39 is 11.8 Å². The zero-order valence-corrected chi connectivity index (χ0v) is 15.0. The lowest BCUT2D eigenvalue weighted by Crippen LogP contribution is -2.02. The molecule has 28 heavy (non-hydrogen) atoms. The van der Waals surface area contributed by atoms with Crippen LogP contribution in [-0.2, 0) is 6.54 Å². The van der Waals surface area contributed by atoms with Crippen molar-refractivity contribution < 1.29 is 14.3 Å². The molecule has 0 spiro atoms. The van der Waals surface area contributed by atoms with E-state index >= 15 is 0 Å². The standard InChI is InChI=1S/C21H17FN4O2/c22-18-11-16-15-10-14(25-9-7-24-13-25)4-5-19(15)26(8-3-1-2-6-23)20(16)12-17(18)21(27)28/h4-5,7,9-13H,1-3,8H2,(H,27,28). The van der Waals surface area contributed by atoms with Gasteiger partial charge in [-0.05, 0) is 43.2 Å². The van der Waals surface area contributed by atoms with Gasteiger partial charge in [0.2, 0.25) is 0 Å². The van der Waals surface area contributed by atoms with Crippen molar-refractivity contribution in [3.8, 4) is 11.8 Å². The van der Waals surface area contributed by atoms with Crippen LogP contribution < -0.4 is 0 Å². The number of aryl methyl sites for hydroxylation is 1. The second-order valence-electron chi connectivity index (χ2n) is 6.59. The van der Waals surface area contributed by atoms with Crippen LogP contribution in [0.15, 0.2) is 49.1 Å². The Balaban J connectivity index is 1.93. The Morgan fingerprint density at radius 1 is 1.18 bits per heavy atom. The Kier molecular flexibility index (Phi) is 4.53. The van der Waals surface area contributed by atoms with Crippen LogP contribution in [0.1, 0.15) is 29.6 Å². The number of nitriles is 1. The van der Waals surface area contributed by atoms with E-state index in [2.05, 4.69) is 11.1 Å². The first-order chi connectivity index (χ1) is 13.6. The summed E-state index contributed by atoms with van der Waals surface area (Å²) < 4.78 is 18.3. The quantitative estimate of drug-likeness (QED) is 0.502. The van der Waals surface area contributed by atoms with Crippen LogP contribution in [0.2, 0.25) is 0 Å². The number of imidazole rings is 1. The molecule has 2 aromatic carbocycles. The van der Waals surface area contributed by atoms with Gasteiger partial charge in [0.25, 0.3) is 0 Å². The minimum Gasteiger partial charge on any atom is -0.478 e. The summed E-state index contributed by atoms with van der Waals surface area (Å²) in [5.74, 6) is -2.05. The first kappa shape index (κ1) is 17.7. The molecule has 0 saturated carbocycles. The fourth-order valence-corrected chi connectivity index (χ4v) is 3.56. The highest BCUT2D eigenvalue weighted by molar-refractivity contribution is 6.10. The van der Waals surface area contributed by atoms with Crippen molar-refractivity contribution >= 4 is 27.8 Å². The van der Waals surface area contributed by atoms with Crippen molar-refractivity contribution in [3.63, 3.8) is 0 Å². The lowest BCUT2D eigenvalue weighted by Gasteiger charge is -2.08. The van der Waals surface area contributed by atoms with Crippen LogP contribution in [0, 0.1) is 17.1 Å². The van der Waals surface area contributed by atoms with Gasteiger partial charge in [-0.2, -0.15) is 5.26 Å². The molecular weight excluding hydrogens is 359 g/mol. The molecule has 0 bridgehead atoms. The lowest BCUT2D eigenvalue weighted by atomic mass is 10.1. The van der Waals surface area contributed by atoms with Crippen LogP contribution in [0.5, 0.6) is 0 Å². The van der Waals surface area contributed by atoms with E-state index in [0.717, 1.165) is 29.4 Å². The highest BCUT2D eigenvalue weighted by Crippen LogP contribution is 2.33. The van der Waals surface area contributed by atoms with Gasteiger partial charge in [0.1, 0.15) is 5.82 Å². The molecule has 0 aliphatic heterocycles. The molecule has 2 heterocycles. The third-order valence-electron chi connectivity index (χ3n) is 4.89. The number of halogens is 1. The van der Waals surface area contributed by atoms with Crippen molar-refractivity contribution in [2.45, 2.75) is 25.8 Å². The van der Waals surface area contributed by atoms with Crippen LogP contribution in [0.3, 0.4) is 0 Å². The van der Waals surface area contributed by atoms with Crippen LogP contribution >= 0.6 is 0 Å². The van der Waals surface area contributed by atoms with Gasteiger partial charge in [0, 0.05) is 47.3 Å². The molecule has 0 amide bonds. The Morgan fingerprint density at radius 3 is 2.71 bits per heavy atom. The SMILES string of the molecule is N#CCCCCn1c2ccc(-n3ccnc3)cc2c2cc(F)c(C(=O)O)cc21. The van der Waals surface area contributed by atoms with E-state index in [1.165, 1.54) is 12.1 Å². The van der Waals surface area contributed by atoms with Crippen molar-refractivity contribution in [1.29, 1.82) is 5.26 Å². The Hall–Kier alpha value is -3.66. The molecule has 4 rings (SSSR count). The number of hydrogen-bond acceptors (Lipinski definition) is 3. The molecule has 1 N–H and O–H groups in total. The molecule has 0 unspecified atom stereocenters. The van der Waals surface area contributed by atoms with Crippen molar-refractivity contribution in [2.24, 2.45) is 0 Å². The summed E-state index contributed by atoms with van der Waals surface area (Å²) in [6, 6.07) is 10.7. The summed E-state index contributed by atoms with van der Waals surface area (Å²) >= 11 is 0. The van der Waals surface area contributed by atoms with Gasteiger partial charge in [0.05, 0.1) is 23.5 Å². The predicted octanol–water partition coefficient (Wildman–Crippen LogP) is 4.51. The van der Waals surface area contributed by atoms with E-state index in [4.69, 9.17) is 5.26 Å². The van der Waals surface area contributed by atoms with E-state index in [9.17, 15) is 14.3 Å². The monoisotopic (exact) mass is 376 g/mol. The maximum atomic E-state index is 14.4. The number of unbranched alkanes of at least 4 members (excludes halogenated alkanes) is 2. The van der Waals surface area contributed by atoms with Crippen molar-refractivity contribution in [3.05, 3.63) is 60.4 Å². The molecule has 140 valence electrons. The molecule has 0 atom stereocenters. The minimum absolute atomic E-state index is 0.344. The number of aromatic carboxylic acids is 1. The largest absolute Gasteiger partial charge is 0.478 e. The molecule has 6 nitrogen and oxygen atoms in total. The third kappa shape index (κ3) is 2.99. The number of fused-ring (bicyclic) bond motifs is 3. The van der Waals surface area contributed by atoms with E-state index in [0.29, 0.717) is 23.9 Å². The first-order valence-corrected chi connectivity index (χ1v) is 8.94. The minimum atomic E-state index is -1.29. The van der Waals surface area contributed by atoms with Gasteiger partial charge in [-0.15, -0.1) is 0 Å². The van der Waals surface area contributed by atoms with Crippen LogP contribution in [0.25, 0.3) is 27.5 Å². The molecule has 0 aliphatic rings. The van der Waals surface area contributed by atoms with E-state index in [-0.39, 0.29) is 5.56 Å². The first-order valence-electron chi connectivity index (χ1n) is 8.94. The van der Waals surface area contributed by atoms with Crippen molar-refractivity contribution in [2.75, 3.05) is 0 Å².